The Morgan fingerprint density at radius 1 is 1.29 bits per heavy atom. The minimum Gasteiger partial charge on any atom is -0.478 e. The van der Waals surface area contributed by atoms with Crippen LogP contribution in [0.5, 0.6) is 0 Å². The van der Waals surface area contributed by atoms with Gasteiger partial charge in [0.25, 0.3) is 0 Å². The first kappa shape index (κ1) is 9.71. The summed E-state index contributed by atoms with van der Waals surface area (Å²) in [6, 6.07) is 3.74. The molecule has 0 atom stereocenters. The second-order valence-electron chi connectivity index (χ2n) is 3.60. The van der Waals surface area contributed by atoms with Crippen LogP contribution in [-0.4, -0.2) is 11.1 Å². The molecule has 0 fully saturated rings. The van der Waals surface area contributed by atoms with Gasteiger partial charge in [-0.15, -0.1) is 0 Å². The minimum absolute atomic E-state index is 0.467. The predicted molar refractivity (Wildman–Crippen MR) is 57.7 cm³/mol. The van der Waals surface area contributed by atoms with Gasteiger partial charge in [-0.3, -0.25) is 0 Å². The molecule has 0 unspecified atom stereocenters. The van der Waals surface area contributed by atoms with Gasteiger partial charge >= 0.3 is 5.97 Å². The van der Waals surface area contributed by atoms with Crippen molar-refractivity contribution in [3.05, 3.63) is 33.3 Å². The first-order valence-electron chi connectivity index (χ1n) is 4.73. The topological polar surface area (TPSA) is 37.3 Å². The molecule has 0 amide bonds. The van der Waals surface area contributed by atoms with Crippen molar-refractivity contribution in [1.29, 1.82) is 0 Å². The second kappa shape index (κ2) is 3.73. The summed E-state index contributed by atoms with van der Waals surface area (Å²) in [6.07, 6.45) is 4.19. The summed E-state index contributed by atoms with van der Waals surface area (Å²) in [6.45, 7) is 0. The van der Waals surface area contributed by atoms with Crippen LogP contribution in [-0.2, 0) is 12.8 Å². The Kier molecular flexibility index (Phi) is 2.59. The second-order valence-corrected chi connectivity index (χ2v) is 4.52. The molecule has 0 saturated carbocycles. The van der Waals surface area contributed by atoms with Crippen LogP contribution < -0.4 is 0 Å². The number of aromatic carboxylic acids is 1. The van der Waals surface area contributed by atoms with Gasteiger partial charge in [-0.05, 0) is 48.9 Å². The van der Waals surface area contributed by atoms with Crippen LogP contribution in [0.4, 0.5) is 0 Å². The van der Waals surface area contributed by atoms with E-state index in [1.165, 1.54) is 12.0 Å². The van der Waals surface area contributed by atoms with Crippen molar-refractivity contribution >= 4 is 21.9 Å². The molecule has 0 aromatic heterocycles. The van der Waals surface area contributed by atoms with Crippen molar-refractivity contribution in [3.63, 3.8) is 0 Å². The molecule has 14 heavy (non-hydrogen) atoms. The number of benzene rings is 1. The Morgan fingerprint density at radius 3 is 2.71 bits per heavy atom. The van der Waals surface area contributed by atoms with E-state index in [-0.39, 0.29) is 0 Å². The van der Waals surface area contributed by atoms with E-state index in [2.05, 4.69) is 15.9 Å². The van der Waals surface area contributed by atoms with Crippen molar-refractivity contribution in [3.8, 4) is 0 Å². The normalized spacial score (nSPS) is 14.9. The number of fused-ring (bicyclic) bond motifs is 1. The van der Waals surface area contributed by atoms with E-state index in [1.807, 2.05) is 6.07 Å². The molecule has 0 spiro atoms. The third kappa shape index (κ3) is 1.69. The third-order valence-electron chi connectivity index (χ3n) is 2.66. The summed E-state index contributed by atoms with van der Waals surface area (Å²) >= 11 is 3.35. The third-order valence-corrected chi connectivity index (χ3v) is 3.12. The zero-order valence-corrected chi connectivity index (χ0v) is 9.30. The Labute approximate surface area is 91.1 Å². The van der Waals surface area contributed by atoms with Gasteiger partial charge in [0.15, 0.2) is 0 Å². The van der Waals surface area contributed by atoms with Crippen LogP contribution >= 0.6 is 15.9 Å². The zero-order chi connectivity index (χ0) is 10.1. The highest BCUT2D eigenvalue weighted by Crippen LogP contribution is 2.28. The van der Waals surface area contributed by atoms with E-state index in [4.69, 9.17) is 5.11 Å². The number of halogens is 1. The molecular formula is C11H11BrO2. The summed E-state index contributed by atoms with van der Waals surface area (Å²) in [5.74, 6) is -0.815. The van der Waals surface area contributed by atoms with Crippen LogP contribution in [0.3, 0.4) is 0 Å². The lowest BCUT2D eigenvalue weighted by Gasteiger charge is -2.18. The van der Waals surface area contributed by atoms with Gasteiger partial charge in [-0.2, -0.15) is 0 Å². The van der Waals surface area contributed by atoms with E-state index in [9.17, 15) is 4.79 Å². The van der Waals surface area contributed by atoms with Gasteiger partial charge < -0.3 is 5.11 Å². The molecule has 1 aliphatic carbocycles. The molecule has 1 aromatic rings. The van der Waals surface area contributed by atoms with E-state index in [0.717, 1.165) is 29.3 Å². The van der Waals surface area contributed by atoms with Gasteiger partial charge in [0.1, 0.15) is 0 Å². The summed E-state index contributed by atoms with van der Waals surface area (Å²) in [5.41, 5.74) is 2.70. The van der Waals surface area contributed by atoms with Crippen molar-refractivity contribution in [2.24, 2.45) is 0 Å². The fraction of sp³-hybridized carbons (Fsp3) is 0.364. The molecule has 0 radical (unpaired) electrons. The summed E-state index contributed by atoms with van der Waals surface area (Å²) in [5, 5.41) is 9.04. The highest BCUT2D eigenvalue weighted by atomic mass is 79.9. The number of carboxylic acids is 1. The number of carbonyl (C=O) groups is 1. The van der Waals surface area contributed by atoms with Crippen LogP contribution in [0.15, 0.2) is 16.6 Å². The van der Waals surface area contributed by atoms with E-state index in [0.29, 0.717) is 5.56 Å². The molecule has 3 heteroatoms. The highest BCUT2D eigenvalue weighted by Gasteiger charge is 2.17. The number of carboxylic acid groups (broad SMARTS) is 1. The molecule has 0 bridgehead atoms. The number of aryl methyl sites for hydroxylation is 1. The van der Waals surface area contributed by atoms with Gasteiger partial charge in [-0.1, -0.05) is 15.9 Å². The van der Waals surface area contributed by atoms with Crippen molar-refractivity contribution in [2.75, 3.05) is 0 Å². The minimum atomic E-state index is -0.815. The van der Waals surface area contributed by atoms with Crippen LogP contribution in [0, 0.1) is 0 Å². The monoisotopic (exact) mass is 254 g/mol. The standard InChI is InChI=1S/C11H11BrO2/c12-8-5-7-3-1-2-4-9(7)10(6-8)11(13)14/h5-6H,1-4H2,(H,13,14). The maximum atomic E-state index is 11.0. The first-order chi connectivity index (χ1) is 6.68. The molecule has 1 N–H and O–H groups in total. The maximum absolute atomic E-state index is 11.0. The molecule has 0 saturated heterocycles. The average molecular weight is 255 g/mol. The summed E-state index contributed by atoms with van der Waals surface area (Å²) in [7, 11) is 0. The first-order valence-corrected chi connectivity index (χ1v) is 5.52. The lowest BCUT2D eigenvalue weighted by molar-refractivity contribution is 0.0695. The number of hydrogen-bond acceptors (Lipinski definition) is 1. The van der Waals surface area contributed by atoms with E-state index < -0.39 is 5.97 Å². The average Bonchev–Trinajstić information content (AvgIpc) is 2.16. The molecule has 74 valence electrons. The smallest absolute Gasteiger partial charge is 0.336 e. The van der Waals surface area contributed by atoms with Crippen molar-refractivity contribution < 1.29 is 9.90 Å². The summed E-state index contributed by atoms with van der Waals surface area (Å²) < 4.78 is 0.871. The van der Waals surface area contributed by atoms with Gasteiger partial charge in [0, 0.05) is 4.47 Å². The van der Waals surface area contributed by atoms with Crippen LogP contribution in [0.1, 0.15) is 34.3 Å². The lowest BCUT2D eigenvalue weighted by Crippen LogP contribution is -2.10. The molecule has 1 aliphatic rings. The quantitative estimate of drug-likeness (QED) is 0.837. The molecule has 2 nitrogen and oxygen atoms in total. The number of rotatable bonds is 1. The van der Waals surface area contributed by atoms with Crippen LogP contribution in [0.2, 0.25) is 0 Å². The maximum Gasteiger partial charge on any atom is 0.336 e. The zero-order valence-electron chi connectivity index (χ0n) is 7.72. The fourth-order valence-corrected chi connectivity index (χ4v) is 2.52. The van der Waals surface area contributed by atoms with Crippen molar-refractivity contribution in [2.45, 2.75) is 25.7 Å². The van der Waals surface area contributed by atoms with Gasteiger partial charge in [0.05, 0.1) is 5.56 Å². The van der Waals surface area contributed by atoms with Crippen LogP contribution in [0.25, 0.3) is 0 Å². The molecule has 0 aliphatic heterocycles. The predicted octanol–water partition coefficient (Wildman–Crippen LogP) is 3.03. The molecule has 0 heterocycles. The lowest BCUT2D eigenvalue weighted by atomic mass is 9.88. The molecule has 2 rings (SSSR count). The molecular weight excluding hydrogens is 244 g/mol. The Hall–Kier alpha value is -0.830. The van der Waals surface area contributed by atoms with Crippen molar-refractivity contribution in [1.82, 2.24) is 0 Å². The van der Waals surface area contributed by atoms with E-state index >= 15 is 0 Å². The Morgan fingerprint density at radius 2 is 2.00 bits per heavy atom. The number of hydrogen-bond donors (Lipinski definition) is 1. The van der Waals surface area contributed by atoms with Gasteiger partial charge in [0.2, 0.25) is 0 Å². The Bertz CT molecular complexity index is 385. The fourth-order valence-electron chi connectivity index (χ4n) is 2.02. The largest absolute Gasteiger partial charge is 0.478 e. The highest BCUT2D eigenvalue weighted by molar-refractivity contribution is 9.10. The SMILES string of the molecule is O=C(O)c1cc(Br)cc2c1CCCC2. The molecule has 1 aromatic carbocycles. The Balaban J connectivity index is 2.58. The summed E-state index contributed by atoms with van der Waals surface area (Å²) in [4.78, 5) is 11.0. The van der Waals surface area contributed by atoms with E-state index in [1.54, 1.807) is 6.07 Å². The van der Waals surface area contributed by atoms with Gasteiger partial charge in [-0.25, -0.2) is 4.79 Å².